The topological polar surface area (TPSA) is 136 Å². The first-order chi connectivity index (χ1) is 23.8. The molecule has 49 heavy (non-hydrogen) atoms. The summed E-state index contributed by atoms with van der Waals surface area (Å²) in [7, 11) is -3.66. The lowest BCUT2D eigenvalue weighted by Gasteiger charge is -2.39. The summed E-state index contributed by atoms with van der Waals surface area (Å²) in [4.78, 5) is 38.8. The predicted molar refractivity (Wildman–Crippen MR) is 182 cm³/mol. The third-order valence-electron chi connectivity index (χ3n) is 9.91. The van der Waals surface area contributed by atoms with Crippen molar-refractivity contribution in [1.82, 2.24) is 24.5 Å². The molecule has 3 aliphatic heterocycles. The highest BCUT2D eigenvalue weighted by Crippen LogP contribution is 2.43. The summed E-state index contributed by atoms with van der Waals surface area (Å²) >= 11 is 0. The maximum Gasteiger partial charge on any atom is 0.254 e. The number of hydrogen-bond acceptors (Lipinski definition) is 8. The minimum Gasteiger partial charge on any atom is -0.357 e. The predicted octanol–water partition coefficient (Wildman–Crippen LogP) is 4.66. The lowest BCUT2D eigenvalue weighted by molar-refractivity contribution is -0.132. The molecule has 2 aromatic heterocycles. The third-order valence-corrected chi connectivity index (χ3v) is 11.9. The molecule has 0 radical (unpaired) electrons. The lowest BCUT2D eigenvalue weighted by atomic mass is 9.84. The normalized spacial score (nSPS) is 22.5. The number of rotatable bonds is 10. The standard InChI is InChI=1S/C38H36N6O4S/c39-25-29-6-8-31(9-7-29)35(45)22-36-42-38(23-27-12-16-40-17-13-27,24-28-14-18-41-19-15-28)37(46)43(36)26-30-20-32-10-11-33(21-30)44(32)49(47,48)34-4-2-1-3-5-34/h1-9,12-19,22,30,32-33,42H,10-11,20-21,23-24,26H2. The van der Waals surface area contributed by atoms with Crippen molar-refractivity contribution in [1.29, 1.82) is 5.26 Å². The van der Waals surface area contributed by atoms with E-state index in [0.29, 0.717) is 54.1 Å². The van der Waals surface area contributed by atoms with Gasteiger partial charge >= 0.3 is 0 Å². The Kier molecular flexibility index (Phi) is 8.84. The first-order valence-electron chi connectivity index (χ1n) is 16.5. The van der Waals surface area contributed by atoms with Crippen LogP contribution in [0.1, 0.15) is 52.7 Å². The molecule has 3 saturated heterocycles. The van der Waals surface area contributed by atoms with Crippen molar-refractivity contribution in [2.24, 2.45) is 5.92 Å². The van der Waals surface area contributed by atoms with Crippen LogP contribution >= 0.6 is 0 Å². The number of pyridine rings is 2. The molecular formula is C38H36N6O4S. The number of aromatic nitrogens is 2. The number of amides is 1. The number of sulfonamides is 1. The molecule has 2 atom stereocenters. The maximum absolute atomic E-state index is 14.8. The number of carbonyl (C=O) groups excluding carboxylic acids is 2. The Labute approximate surface area is 286 Å². The number of nitrogens with zero attached hydrogens (tertiary/aromatic N) is 5. The van der Waals surface area contributed by atoms with Crippen LogP contribution < -0.4 is 5.32 Å². The number of nitriles is 1. The van der Waals surface area contributed by atoms with Crippen molar-refractivity contribution in [3.8, 4) is 6.07 Å². The second kappa shape index (κ2) is 13.4. The fourth-order valence-corrected chi connectivity index (χ4v) is 9.62. The molecule has 0 aliphatic carbocycles. The third kappa shape index (κ3) is 6.49. The number of nitrogens with one attached hydrogen (secondary N) is 1. The van der Waals surface area contributed by atoms with E-state index in [1.54, 1.807) is 82.5 Å². The van der Waals surface area contributed by atoms with Gasteiger partial charge in [0.1, 0.15) is 11.4 Å². The lowest BCUT2D eigenvalue weighted by Crippen LogP contribution is -2.51. The van der Waals surface area contributed by atoms with Crippen molar-refractivity contribution in [2.45, 2.75) is 61.0 Å². The second-order valence-corrected chi connectivity index (χ2v) is 15.0. The van der Waals surface area contributed by atoms with Gasteiger partial charge in [0.2, 0.25) is 10.0 Å². The fourth-order valence-electron chi connectivity index (χ4n) is 7.71. The van der Waals surface area contributed by atoms with E-state index in [9.17, 15) is 23.3 Å². The van der Waals surface area contributed by atoms with Gasteiger partial charge in [-0.25, -0.2) is 8.42 Å². The number of fused-ring (bicyclic) bond motifs is 2. The van der Waals surface area contributed by atoms with E-state index >= 15 is 0 Å². The minimum atomic E-state index is -3.66. The van der Waals surface area contributed by atoms with Crippen molar-refractivity contribution < 1.29 is 18.0 Å². The minimum absolute atomic E-state index is 0.0246. The van der Waals surface area contributed by atoms with E-state index in [1.165, 1.54) is 6.08 Å². The molecule has 0 saturated carbocycles. The molecule has 3 aliphatic rings. The van der Waals surface area contributed by atoms with Crippen LogP contribution in [-0.4, -0.2) is 63.4 Å². The largest absolute Gasteiger partial charge is 0.357 e. The van der Waals surface area contributed by atoms with E-state index < -0.39 is 15.6 Å². The summed E-state index contributed by atoms with van der Waals surface area (Å²) in [5.74, 6) is -0.00497. The Morgan fingerprint density at radius 1 is 0.878 bits per heavy atom. The molecule has 2 bridgehead atoms. The number of carbonyl (C=O) groups is 2. The van der Waals surface area contributed by atoms with Crippen molar-refractivity contribution in [2.75, 3.05) is 6.54 Å². The molecule has 4 aromatic rings. The summed E-state index contributed by atoms with van der Waals surface area (Å²) in [6.45, 7) is 0.346. The zero-order valence-corrected chi connectivity index (χ0v) is 27.7. The highest BCUT2D eigenvalue weighted by Gasteiger charge is 2.52. The van der Waals surface area contributed by atoms with Crippen LogP contribution in [0.2, 0.25) is 0 Å². The maximum atomic E-state index is 14.8. The Morgan fingerprint density at radius 3 is 2.00 bits per heavy atom. The van der Waals surface area contributed by atoms with Crippen LogP contribution in [0.5, 0.6) is 0 Å². The van der Waals surface area contributed by atoms with Gasteiger partial charge in [0, 0.05) is 67.9 Å². The van der Waals surface area contributed by atoms with Gasteiger partial charge in [-0.1, -0.05) is 18.2 Å². The van der Waals surface area contributed by atoms with Crippen molar-refractivity contribution in [3.63, 3.8) is 0 Å². The van der Waals surface area contributed by atoms with Gasteiger partial charge in [0.05, 0.1) is 16.5 Å². The quantitative estimate of drug-likeness (QED) is 0.190. The van der Waals surface area contributed by atoms with Crippen molar-refractivity contribution in [3.05, 3.63) is 138 Å². The Morgan fingerprint density at radius 2 is 1.45 bits per heavy atom. The summed E-state index contributed by atoms with van der Waals surface area (Å²) in [5, 5.41) is 12.8. The monoisotopic (exact) mass is 672 g/mol. The van der Waals surface area contributed by atoms with Gasteiger partial charge in [-0.15, -0.1) is 0 Å². The van der Waals surface area contributed by atoms with E-state index in [0.717, 1.165) is 24.0 Å². The van der Waals surface area contributed by atoms with Gasteiger partial charge in [0.25, 0.3) is 5.91 Å². The van der Waals surface area contributed by atoms with Gasteiger partial charge in [-0.05, 0) is 103 Å². The molecule has 1 N–H and O–H groups in total. The molecule has 7 rings (SSSR count). The molecule has 0 spiro atoms. The Balaban J connectivity index is 1.22. The van der Waals surface area contributed by atoms with Crippen LogP contribution in [0.15, 0.2) is 120 Å². The van der Waals surface area contributed by atoms with Crippen LogP contribution in [0.4, 0.5) is 0 Å². The number of benzene rings is 2. The molecule has 3 fully saturated rings. The Bertz CT molecular complexity index is 1960. The molecule has 5 heterocycles. The summed E-state index contributed by atoms with van der Waals surface area (Å²) in [5.41, 5.74) is 1.59. The summed E-state index contributed by atoms with van der Waals surface area (Å²) in [6, 6.07) is 24.3. The van der Waals surface area contributed by atoms with Crippen LogP contribution in [0, 0.1) is 17.2 Å². The van der Waals surface area contributed by atoms with Crippen LogP contribution in [0.25, 0.3) is 0 Å². The number of allylic oxidation sites excluding steroid dienone is 1. The second-order valence-electron chi connectivity index (χ2n) is 13.1. The van der Waals surface area contributed by atoms with Gasteiger partial charge in [0.15, 0.2) is 5.78 Å². The number of ketones is 1. The summed E-state index contributed by atoms with van der Waals surface area (Å²) < 4.78 is 29.1. The van der Waals surface area contributed by atoms with Gasteiger partial charge in [-0.3, -0.25) is 24.5 Å². The average Bonchev–Trinajstić information content (AvgIpc) is 3.54. The number of hydrogen-bond donors (Lipinski definition) is 1. The van der Waals surface area contributed by atoms with E-state index in [4.69, 9.17) is 0 Å². The zero-order chi connectivity index (χ0) is 34.0. The molecule has 10 nitrogen and oxygen atoms in total. The molecule has 1 amide bonds. The van der Waals surface area contributed by atoms with E-state index in [2.05, 4.69) is 21.4 Å². The molecule has 11 heteroatoms. The van der Waals surface area contributed by atoms with Crippen LogP contribution in [-0.2, 0) is 27.7 Å². The average molecular weight is 673 g/mol. The van der Waals surface area contributed by atoms with E-state index in [-0.39, 0.29) is 29.7 Å². The SMILES string of the molecule is N#Cc1ccc(C(=O)C=C2NC(Cc3ccncc3)(Cc3ccncc3)C(=O)N2CC2CC3CCC(C2)N3S(=O)(=O)c2ccccc2)cc1. The smallest absolute Gasteiger partial charge is 0.254 e. The zero-order valence-electron chi connectivity index (χ0n) is 26.9. The Hall–Kier alpha value is -5.18. The van der Waals surface area contributed by atoms with Crippen molar-refractivity contribution >= 4 is 21.7 Å². The number of piperidine rings is 1. The van der Waals surface area contributed by atoms with E-state index in [1.807, 2.05) is 30.3 Å². The first-order valence-corrected chi connectivity index (χ1v) is 17.9. The highest BCUT2D eigenvalue weighted by atomic mass is 32.2. The summed E-state index contributed by atoms with van der Waals surface area (Å²) in [6.07, 6.45) is 11.8. The van der Waals surface area contributed by atoms with Gasteiger partial charge < -0.3 is 5.32 Å². The molecule has 2 aromatic carbocycles. The molecule has 248 valence electrons. The molecule has 2 unspecified atom stereocenters. The molecular weight excluding hydrogens is 637 g/mol. The fraction of sp³-hybridized carbons (Fsp3) is 0.289. The van der Waals surface area contributed by atoms with Crippen LogP contribution in [0.3, 0.4) is 0 Å². The highest BCUT2D eigenvalue weighted by molar-refractivity contribution is 7.89. The first kappa shape index (κ1) is 32.4. The van der Waals surface area contributed by atoms with Gasteiger partial charge in [-0.2, -0.15) is 9.57 Å².